The lowest BCUT2D eigenvalue weighted by Gasteiger charge is -2.12. The van der Waals surface area contributed by atoms with Crippen molar-refractivity contribution in [1.29, 1.82) is 0 Å². The van der Waals surface area contributed by atoms with Crippen LogP contribution in [0.5, 0.6) is 0 Å². The van der Waals surface area contributed by atoms with Gasteiger partial charge < -0.3 is 16.2 Å². The van der Waals surface area contributed by atoms with E-state index in [0.717, 1.165) is 0 Å². The average Bonchev–Trinajstić information content (AvgIpc) is 2.28. The van der Waals surface area contributed by atoms with E-state index >= 15 is 0 Å². The monoisotopic (exact) mass is 238 g/mol. The first-order chi connectivity index (χ1) is 8.00. The first kappa shape index (κ1) is 12.6. The fourth-order valence-corrected chi connectivity index (χ4v) is 1.07. The van der Waals surface area contributed by atoms with Crippen molar-refractivity contribution < 1.29 is 19.5 Å². The number of nitrogens with one attached hydrogen (secondary N) is 1. The van der Waals surface area contributed by atoms with Gasteiger partial charge in [0.15, 0.2) is 0 Å². The number of nitrogens with two attached hydrogens (primary N) is 1. The topological polar surface area (TPSA) is 135 Å². The van der Waals surface area contributed by atoms with E-state index in [-0.39, 0.29) is 5.56 Å². The van der Waals surface area contributed by atoms with Gasteiger partial charge in [0, 0.05) is 0 Å². The highest BCUT2D eigenvalue weighted by Gasteiger charge is 2.22. The lowest BCUT2D eigenvalue weighted by atomic mass is 10.2. The highest BCUT2D eigenvalue weighted by molar-refractivity contribution is 5.97. The SMILES string of the molecule is NC(=O)C[C@H](NC(=O)c1ccnnc1)C(=O)O. The molecule has 0 saturated heterocycles. The van der Waals surface area contributed by atoms with Crippen molar-refractivity contribution in [2.75, 3.05) is 0 Å². The number of rotatable bonds is 5. The fraction of sp³-hybridized carbons (Fsp3) is 0.222. The summed E-state index contributed by atoms with van der Waals surface area (Å²) in [6, 6.07) is 0.0130. The Morgan fingerprint density at radius 3 is 2.59 bits per heavy atom. The number of carboxylic acid groups (broad SMARTS) is 1. The van der Waals surface area contributed by atoms with E-state index < -0.39 is 30.2 Å². The van der Waals surface area contributed by atoms with Crippen molar-refractivity contribution in [2.45, 2.75) is 12.5 Å². The molecule has 17 heavy (non-hydrogen) atoms. The highest BCUT2D eigenvalue weighted by atomic mass is 16.4. The quantitative estimate of drug-likeness (QED) is 0.573. The molecule has 90 valence electrons. The fourth-order valence-electron chi connectivity index (χ4n) is 1.07. The molecule has 1 heterocycles. The maximum absolute atomic E-state index is 11.5. The van der Waals surface area contributed by atoms with Crippen LogP contribution in [0, 0.1) is 0 Å². The van der Waals surface area contributed by atoms with E-state index in [1.807, 2.05) is 0 Å². The normalized spacial score (nSPS) is 11.5. The second-order valence-corrected chi connectivity index (χ2v) is 3.17. The molecule has 0 aromatic carbocycles. The van der Waals surface area contributed by atoms with Crippen LogP contribution in [0.2, 0.25) is 0 Å². The van der Waals surface area contributed by atoms with Gasteiger partial charge in [0.1, 0.15) is 6.04 Å². The van der Waals surface area contributed by atoms with Crippen LogP contribution in [0.4, 0.5) is 0 Å². The average molecular weight is 238 g/mol. The Morgan fingerprint density at radius 1 is 1.41 bits per heavy atom. The molecule has 0 aliphatic heterocycles. The van der Waals surface area contributed by atoms with Gasteiger partial charge in [-0.3, -0.25) is 9.59 Å². The number of aromatic nitrogens is 2. The molecule has 2 amide bonds. The van der Waals surface area contributed by atoms with Gasteiger partial charge in [0.2, 0.25) is 5.91 Å². The number of carbonyl (C=O) groups excluding carboxylic acids is 2. The molecule has 0 bridgehead atoms. The molecule has 0 saturated carbocycles. The first-order valence-electron chi connectivity index (χ1n) is 4.59. The molecular weight excluding hydrogens is 228 g/mol. The summed E-state index contributed by atoms with van der Waals surface area (Å²) in [5.74, 6) is -2.81. The van der Waals surface area contributed by atoms with Crippen LogP contribution in [0.15, 0.2) is 18.5 Å². The Labute approximate surface area is 95.8 Å². The molecule has 1 aromatic heterocycles. The van der Waals surface area contributed by atoms with Gasteiger partial charge in [0.25, 0.3) is 5.91 Å². The molecule has 1 atom stereocenters. The summed E-state index contributed by atoms with van der Waals surface area (Å²) in [4.78, 5) is 32.9. The van der Waals surface area contributed by atoms with Crippen molar-refractivity contribution >= 4 is 17.8 Å². The number of nitrogens with zero attached hydrogens (tertiary/aromatic N) is 2. The molecule has 0 unspecified atom stereocenters. The maximum atomic E-state index is 11.5. The highest BCUT2D eigenvalue weighted by Crippen LogP contribution is 1.98. The lowest BCUT2D eigenvalue weighted by Crippen LogP contribution is -2.43. The Kier molecular flexibility index (Phi) is 4.09. The Morgan fingerprint density at radius 2 is 2.12 bits per heavy atom. The zero-order valence-electron chi connectivity index (χ0n) is 8.66. The third kappa shape index (κ3) is 3.86. The second-order valence-electron chi connectivity index (χ2n) is 3.17. The summed E-state index contributed by atoms with van der Waals surface area (Å²) in [5.41, 5.74) is 5.02. The minimum atomic E-state index is -1.35. The third-order valence-electron chi connectivity index (χ3n) is 1.86. The Balaban J connectivity index is 2.71. The van der Waals surface area contributed by atoms with Crippen molar-refractivity contribution in [1.82, 2.24) is 15.5 Å². The van der Waals surface area contributed by atoms with Crippen molar-refractivity contribution in [3.05, 3.63) is 24.0 Å². The minimum absolute atomic E-state index is 0.149. The molecule has 0 spiro atoms. The summed E-state index contributed by atoms with van der Waals surface area (Å²) in [7, 11) is 0. The molecule has 8 heteroatoms. The van der Waals surface area contributed by atoms with E-state index in [1.165, 1.54) is 18.5 Å². The molecular formula is C9H10N4O4. The Bertz CT molecular complexity index is 434. The number of carboxylic acids is 1. The smallest absolute Gasteiger partial charge is 0.326 e. The van der Waals surface area contributed by atoms with E-state index in [2.05, 4.69) is 15.5 Å². The van der Waals surface area contributed by atoms with Gasteiger partial charge >= 0.3 is 5.97 Å². The summed E-state index contributed by atoms with van der Waals surface area (Å²) >= 11 is 0. The van der Waals surface area contributed by atoms with Crippen molar-refractivity contribution in [3.8, 4) is 0 Å². The number of primary amides is 1. The second kappa shape index (κ2) is 5.54. The van der Waals surface area contributed by atoms with Crippen LogP contribution in [-0.4, -0.2) is 39.1 Å². The minimum Gasteiger partial charge on any atom is -0.480 e. The summed E-state index contributed by atoms with van der Waals surface area (Å²) in [6.07, 6.45) is 2.00. The number of carbonyl (C=O) groups is 3. The Hall–Kier alpha value is -2.51. The van der Waals surface area contributed by atoms with Crippen LogP contribution in [0.25, 0.3) is 0 Å². The number of hydrogen-bond acceptors (Lipinski definition) is 5. The van der Waals surface area contributed by atoms with Gasteiger partial charge in [-0.05, 0) is 6.07 Å². The lowest BCUT2D eigenvalue weighted by molar-refractivity contribution is -0.140. The summed E-state index contributed by atoms with van der Waals surface area (Å²) in [6.45, 7) is 0. The molecule has 0 aliphatic rings. The number of amides is 2. The first-order valence-corrected chi connectivity index (χ1v) is 4.59. The molecule has 0 aliphatic carbocycles. The number of hydrogen-bond donors (Lipinski definition) is 3. The van der Waals surface area contributed by atoms with E-state index in [9.17, 15) is 14.4 Å². The van der Waals surface area contributed by atoms with Gasteiger partial charge in [-0.25, -0.2) is 4.79 Å². The zero-order valence-corrected chi connectivity index (χ0v) is 8.66. The van der Waals surface area contributed by atoms with Crippen molar-refractivity contribution in [2.24, 2.45) is 5.73 Å². The van der Waals surface area contributed by atoms with Crippen LogP contribution >= 0.6 is 0 Å². The third-order valence-corrected chi connectivity index (χ3v) is 1.86. The zero-order chi connectivity index (χ0) is 12.8. The van der Waals surface area contributed by atoms with Crippen LogP contribution in [0.1, 0.15) is 16.8 Å². The molecule has 8 nitrogen and oxygen atoms in total. The predicted octanol–water partition coefficient (Wildman–Crippen LogP) is -1.46. The molecule has 0 fully saturated rings. The van der Waals surface area contributed by atoms with Crippen LogP contribution in [0.3, 0.4) is 0 Å². The van der Waals surface area contributed by atoms with Gasteiger partial charge in [-0.15, -0.1) is 0 Å². The molecule has 1 aromatic rings. The largest absolute Gasteiger partial charge is 0.480 e. The van der Waals surface area contributed by atoms with Gasteiger partial charge in [0.05, 0.1) is 24.4 Å². The molecule has 4 N–H and O–H groups in total. The maximum Gasteiger partial charge on any atom is 0.326 e. The standard InChI is InChI=1S/C9H10N4O4/c10-7(14)3-6(9(16)17)13-8(15)5-1-2-11-12-4-5/h1-2,4,6H,3H2,(H2,10,14)(H,13,15)(H,16,17)/t6-/m0/s1. The van der Waals surface area contributed by atoms with E-state index in [1.54, 1.807) is 0 Å². The van der Waals surface area contributed by atoms with Gasteiger partial charge in [-0.1, -0.05) is 0 Å². The van der Waals surface area contributed by atoms with Crippen LogP contribution < -0.4 is 11.1 Å². The number of aliphatic carboxylic acids is 1. The van der Waals surface area contributed by atoms with Gasteiger partial charge in [-0.2, -0.15) is 10.2 Å². The van der Waals surface area contributed by atoms with Crippen molar-refractivity contribution in [3.63, 3.8) is 0 Å². The predicted molar refractivity (Wildman–Crippen MR) is 54.7 cm³/mol. The van der Waals surface area contributed by atoms with E-state index in [4.69, 9.17) is 10.8 Å². The summed E-state index contributed by atoms with van der Waals surface area (Å²) < 4.78 is 0. The summed E-state index contributed by atoms with van der Waals surface area (Å²) in [5, 5.41) is 17.9. The molecule has 0 radical (unpaired) electrons. The van der Waals surface area contributed by atoms with E-state index in [0.29, 0.717) is 0 Å². The molecule has 1 rings (SSSR count). The van der Waals surface area contributed by atoms with Crippen LogP contribution in [-0.2, 0) is 9.59 Å².